The topological polar surface area (TPSA) is 29.5 Å². The number of rotatable bonds is 2. The molecule has 6 heteroatoms. The fourth-order valence-corrected chi connectivity index (χ4v) is 2.89. The highest BCUT2D eigenvalue weighted by Crippen LogP contribution is 2.48. The summed E-state index contributed by atoms with van der Waals surface area (Å²) in [5.74, 6) is -3.55. The lowest BCUT2D eigenvalue weighted by molar-refractivity contribution is -0.0970. The third-order valence-corrected chi connectivity index (χ3v) is 3.90. The van der Waals surface area contributed by atoms with Gasteiger partial charge in [0.25, 0.3) is 5.92 Å². The average Bonchev–Trinajstić information content (AvgIpc) is 2.64. The second-order valence-corrected chi connectivity index (χ2v) is 5.76. The Kier molecular flexibility index (Phi) is 3.57. The second kappa shape index (κ2) is 5.18. The van der Waals surface area contributed by atoms with E-state index in [1.54, 1.807) is 13.0 Å². The molecule has 0 aromatic heterocycles. The highest BCUT2D eigenvalue weighted by Gasteiger charge is 2.48. The SMILES string of the molecule is Cc1ccc(Oc2cc(F)cc(Cl)c2)c2c1C(O)C(F)(F)C2. The van der Waals surface area contributed by atoms with Gasteiger partial charge in [-0.1, -0.05) is 17.7 Å². The van der Waals surface area contributed by atoms with Crippen LogP contribution in [0.4, 0.5) is 13.2 Å². The summed E-state index contributed by atoms with van der Waals surface area (Å²) < 4.78 is 46.4. The van der Waals surface area contributed by atoms with E-state index >= 15 is 0 Å². The first-order valence-corrected chi connectivity index (χ1v) is 6.98. The summed E-state index contributed by atoms with van der Waals surface area (Å²) in [5, 5.41) is 9.92. The van der Waals surface area contributed by atoms with Gasteiger partial charge < -0.3 is 9.84 Å². The molecular weight excluding hydrogens is 317 g/mol. The molecule has 2 aromatic rings. The van der Waals surface area contributed by atoms with Crippen molar-refractivity contribution in [3.63, 3.8) is 0 Å². The minimum atomic E-state index is -3.24. The summed E-state index contributed by atoms with van der Waals surface area (Å²) in [6, 6.07) is 6.73. The van der Waals surface area contributed by atoms with Crippen LogP contribution < -0.4 is 4.74 Å². The van der Waals surface area contributed by atoms with E-state index in [4.69, 9.17) is 16.3 Å². The zero-order chi connectivity index (χ0) is 16.1. The molecule has 116 valence electrons. The molecule has 0 fully saturated rings. The van der Waals surface area contributed by atoms with Crippen molar-refractivity contribution in [2.75, 3.05) is 0 Å². The summed E-state index contributed by atoms with van der Waals surface area (Å²) in [6.07, 6.45) is -2.48. The maximum atomic E-state index is 13.8. The molecule has 0 saturated heterocycles. The zero-order valence-corrected chi connectivity index (χ0v) is 12.3. The number of halogens is 4. The van der Waals surface area contributed by atoms with Crippen LogP contribution >= 0.6 is 11.6 Å². The normalized spacial score (nSPS) is 19.1. The van der Waals surface area contributed by atoms with Crippen LogP contribution in [0.15, 0.2) is 30.3 Å². The molecule has 0 radical (unpaired) electrons. The maximum Gasteiger partial charge on any atom is 0.281 e. The Morgan fingerprint density at radius 1 is 1.27 bits per heavy atom. The Hall–Kier alpha value is -1.72. The average molecular weight is 329 g/mol. The van der Waals surface area contributed by atoms with Crippen LogP contribution in [-0.4, -0.2) is 11.0 Å². The van der Waals surface area contributed by atoms with Crippen LogP contribution in [0, 0.1) is 12.7 Å². The Balaban J connectivity index is 2.04. The summed E-state index contributed by atoms with van der Waals surface area (Å²) in [7, 11) is 0. The number of fused-ring (bicyclic) bond motifs is 1. The van der Waals surface area contributed by atoms with Gasteiger partial charge in [0, 0.05) is 23.1 Å². The molecule has 2 nitrogen and oxygen atoms in total. The minimum absolute atomic E-state index is 0.112. The van der Waals surface area contributed by atoms with E-state index < -0.39 is 24.3 Å². The molecule has 0 saturated carbocycles. The molecule has 3 rings (SSSR count). The predicted octanol–water partition coefficient (Wildman–Crippen LogP) is 4.80. The molecular formula is C16H12ClF3O2. The number of aliphatic hydroxyl groups excluding tert-OH is 1. The zero-order valence-electron chi connectivity index (χ0n) is 11.5. The van der Waals surface area contributed by atoms with E-state index in [-0.39, 0.29) is 27.6 Å². The van der Waals surface area contributed by atoms with Crippen LogP contribution in [0.1, 0.15) is 22.8 Å². The molecule has 1 N–H and O–H groups in total. The molecule has 0 heterocycles. The number of aryl methyl sites for hydroxylation is 1. The smallest absolute Gasteiger partial charge is 0.281 e. The first-order valence-electron chi connectivity index (χ1n) is 6.60. The van der Waals surface area contributed by atoms with Gasteiger partial charge in [0.1, 0.15) is 23.4 Å². The Morgan fingerprint density at radius 2 is 2.00 bits per heavy atom. The van der Waals surface area contributed by atoms with Crippen molar-refractivity contribution in [1.29, 1.82) is 0 Å². The number of aliphatic hydroxyl groups is 1. The molecule has 1 atom stereocenters. The first-order chi connectivity index (χ1) is 10.3. The van der Waals surface area contributed by atoms with E-state index in [9.17, 15) is 18.3 Å². The Bertz CT molecular complexity index is 726. The molecule has 0 aliphatic heterocycles. The van der Waals surface area contributed by atoms with Gasteiger partial charge in [-0.25, -0.2) is 13.2 Å². The van der Waals surface area contributed by atoms with Crippen molar-refractivity contribution < 1.29 is 23.0 Å². The van der Waals surface area contributed by atoms with Crippen molar-refractivity contribution in [1.82, 2.24) is 0 Å². The van der Waals surface area contributed by atoms with Gasteiger partial charge in [0.05, 0.1) is 0 Å². The third kappa shape index (κ3) is 2.55. The van der Waals surface area contributed by atoms with E-state index in [1.165, 1.54) is 12.1 Å². The first kappa shape index (κ1) is 15.2. The highest BCUT2D eigenvalue weighted by atomic mass is 35.5. The van der Waals surface area contributed by atoms with Gasteiger partial charge in [0.15, 0.2) is 0 Å². The Labute approximate surface area is 130 Å². The molecule has 0 amide bonds. The molecule has 1 aliphatic carbocycles. The molecule has 1 aliphatic rings. The second-order valence-electron chi connectivity index (χ2n) is 5.32. The van der Waals surface area contributed by atoms with Gasteiger partial charge in [-0.15, -0.1) is 0 Å². The quantitative estimate of drug-likeness (QED) is 0.857. The van der Waals surface area contributed by atoms with Crippen molar-refractivity contribution in [3.8, 4) is 11.5 Å². The van der Waals surface area contributed by atoms with Gasteiger partial charge in [-0.3, -0.25) is 0 Å². The summed E-state index contributed by atoms with van der Waals surface area (Å²) >= 11 is 5.75. The standard InChI is InChI=1S/C16H12ClF3O2/c1-8-2-3-13(12-7-16(19,20)15(21)14(8)12)22-11-5-9(17)4-10(18)6-11/h2-6,15,21H,7H2,1H3. The predicted molar refractivity (Wildman–Crippen MR) is 76.3 cm³/mol. The van der Waals surface area contributed by atoms with E-state index in [2.05, 4.69) is 0 Å². The number of ether oxygens (including phenoxy) is 1. The number of benzene rings is 2. The van der Waals surface area contributed by atoms with Crippen molar-refractivity contribution in [2.45, 2.75) is 25.4 Å². The molecule has 22 heavy (non-hydrogen) atoms. The molecule has 0 spiro atoms. The van der Waals surface area contributed by atoms with Gasteiger partial charge in [0.2, 0.25) is 0 Å². The molecule has 1 unspecified atom stereocenters. The lowest BCUT2D eigenvalue weighted by Crippen LogP contribution is -2.21. The van der Waals surface area contributed by atoms with Crippen LogP contribution in [0.25, 0.3) is 0 Å². The largest absolute Gasteiger partial charge is 0.457 e. The Morgan fingerprint density at radius 3 is 2.68 bits per heavy atom. The number of alkyl halides is 2. The van der Waals surface area contributed by atoms with Crippen LogP contribution in [0.2, 0.25) is 5.02 Å². The maximum absolute atomic E-state index is 13.8. The van der Waals surface area contributed by atoms with Crippen LogP contribution in [0.3, 0.4) is 0 Å². The van der Waals surface area contributed by atoms with E-state index in [0.717, 1.165) is 12.1 Å². The van der Waals surface area contributed by atoms with Crippen LogP contribution in [-0.2, 0) is 6.42 Å². The van der Waals surface area contributed by atoms with E-state index in [1.807, 2.05) is 0 Å². The van der Waals surface area contributed by atoms with E-state index in [0.29, 0.717) is 5.56 Å². The van der Waals surface area contributed by atoms with Crippen molar-refractivity contribution in [3.05, 3.63) is 57.9 Å². The molecule has 0 bridgehead atoms. The number of hydrogen-bond donors (Lipinski definition) is 1. The number of hydrogen-bond acceptors (Lipinski definition) is 2. The highest BCUT2D eigenvalue weighted by molar-refractivity contribution is 6.30. The summed E-state index contributed by atoms with van der Waals surface area (Å²) in [4.78, 5) is 0. The van der Waals surface area contributed by atoms with Gasteiger partial charge in [-0.05, 0) is 36.2 Å². The van der Waals surface area contributed by atoms with Crippen molar-refractivity contribution >= 4 is 11.6 Å². The lowest BCUT2D eigenvalue weighted by Gasteiger charge is -2.14. The summed E-state index contributed by atoms with van der Waals surface area (Å²) in [5.41, 5.74) is 0.965. The van der Waals surface area contributed by atoms with Crippen LogP contribution in [0.5, 0.6) is 11.5 Å². The fraction of sp³-hybridized carbons (Fsp3) is 0.250. The van der Waals surface area contributed by atoms with Gasteiger partial charge in [-0.2, -0.15) is 0 Å². The molecule has 2 aromatic carbocycles. The summed E-state index contributed by atoms with van der Waals surface area (Å²) in [6.45, 7) is 1.65. The lowest BCUT2D eigenvalue weighted by atomic mass is 10.0. The van der Waals surface area contributed by atoms with Gasteiger partial charge >= 0.3 is 0 Å². The fourth-order valence-electron chi connectivity index (χ4n) is 2.68. The van der Waals surface area contributed by atoms with Crippen molar-refractivity contribution in [2.24, 2.45) is 0 Å². The third-order valence-electron chi connectivity index (χ3n) is 3.68. The monoisotopic (exact) mass is 328 g/mol. The minimum Gasteiger partial charge on any atom is -0.457 e.